The second-order valence-electron chi connectivity index (χ2n) is 5.28. The highest BCUT2D eigenvalue weighted by Gasteiger charge is 2.15. The van der Waals surface area contributed by atoms with Crippen molar-refractivity contribution >= 4 is 17.5 Å². The van der Waals surface area contributed by atoms with Crippen LogP contribution in [0.15, 0.2) is 36.5 Å². The van der Waals surface area contributed by atoms with E-state index in [2.05, 4.69) is 15.4 Å². The van der Waals surface area contributed by atoms with Gasteiger partial charge in [-0.15, -0.1) is 0 Å². The molecule has 0 aliphatic heterocycles. The van der Waals surface area contributed by atoms with Crippen LogP contribution in [0.5, 0.6) is 11.5 Å². The number of aromatic nitrogens is 3. The first-order valence-electron chi connectivity index (χ1n) is 7.60. The van der Waals surface area contributed by atoms with Crippen LogP contribution < -0.4 is 14.8 Å². The van der Waals surface area contributed by atoms with Gasteiger partial charge in [-0.05, 0) is 24.3 Å². The van der Waals surface area contributed by atoms with Gasteiger partial charge in [0.2, 0.25) is 0 Å². The number of fused-ring (bicyclic) bond motifs is 1. The molecule has 2 heterocycles. The molecule has 134 valence electrons. The number of carboxylic acid groups (broad SMARTS) is 1. The lowest BCUT2D eigenvalue weighted by Crippen LogP contribution is -2.29. The minimum Gasteiger partial charge on any atom is -0.493 e. The third-order valence-electron chi connectivity index (χ3n) is 3.67. The number of benzene rings is 1. The van der Waals surface area contributed by atoms with Gasteiger partial charge in [0, 0.05) is 17.8 Å². The van der Waals surface area contributed by atoms with Gasteiger partial charge in [0.1, 0.15) is 6.54 Å². The molecule has 0 saturated heterocycles. The van der Waals surface area contributed by atoms with Gasteiger partial charge in [0.05, 0.1) is 19.9 Å². The number of amides is 1. The summed E-state index contributed by atoms with van der Waals surface area (Å²) in [7, 11) is 3.10. The van der Waals surface area contributed by atoms with E-state index in [1.54, 1.807) is 38.6 Å². The van der Waals surface area contributed by atoms with Gasteiger partial charge < -0.3 is 19.9 Å². The first-order chi connectivity index (χ1) is 12.5. The summed E-state index contributed by atoms with van der Waals surface area (Å²) >= 11 is 0. The molecule has 9 heteroatoms. The molecule has 2 N–H and O–H groups in total. The van der Waals surface area contributed by atoms with E-state index in [4.69, 9.17) is 14.6 Å². The summed E-state index contributed by atoms with van der Waals surface area (Å²) in [6.45, 7) is -0.483. The molecular weight excluding hydrogens is 340 g/mol. The van der Waals surface area contributed by atoms with E-state index >= 15 is 0 Å². The van der Waals surface area contributed by atoms with Crippen LogP contribution in [0.1, 0.15) is 10.5 Å². The average molecular weight is 356 g/mol. The van der Waals surface area contributed by atoms with Gasteiger partial charge in [-0.25, -0.2) is 9.50 Å². The van der Waals surface area contributed by atoms with Crippen LogP contribution in [0.4, 0.5) is 0 Å². The maximum Gasteiger partial charge on any atom is 0.322 e. The number of methoxy groups -OCH3 is 2. The van der Waals surface area contributed by atoms with Gasteiger partial charge >= 0.3 is 5.97 Å². The SMILES string of the molecule is COc1ccc(-c2ccnc3cc(C(=O)NCC(=O)O)nn23)cc1OC. The summed E-state index contributed by atoms with van der Waals surface area (Å²) < 4.78 is 12.1. The van der Waals surface area contributed by atoms with E-state index in [1.165, 1.54) is 10.6 Å². The van der Waals surface area contributed by atoms with Gasteiger partial charge in [-0.1, -0.05) is 0 Å². The zero-order valence-corrected chi connectivity index (χ0v) is 14.1. The Labute approximate surface area is 148 Å². The second-order valence-corrected chi connectivity index (χ2v) is 5.28. The number of nitrogens with zero attached hydrogens (tertiary/aromatic N) is 3. The lowest BCUT2D eigenvalue weighted by Gasteiger charge is -2.10. The van der Waals surface area contributed by atoms with Crippen molar-refractivity contribution in [3.05, 3.63) is 42.2 Å². The van der Waals surface area contributed by atoms with Gasteiger partial charge in [0.25, 0.3) is 5.91 Å². The molecule has 0 saturated carbocycles. The van der Waals surface area contributed by atoms with Crippen LogP contribution >= 0.6 is 0 Å². The van der Waals surface area contributed by atoms with Gasteiger partial charge in [-0.2, -0.15) is 5.10 Å². The summed E-state index contributed by atoms with van der Waals surface area (Å²) in [6, 6.07) is 8.63. The fourth-order valence-electron chi connectivity index (χ4n) is 2.47. The van der Waals surface area contributed by atoms with Crippen molar-refractivity contribution in [3.8, 4) is 22.8 Å². The Morgan fingerprint density at radius 3 is 2.62 bits per heavy atom. The van der Waals surface area contributed by atoms with Crippen LogP contribution in [0.3, 0.4) is 0 Å². The summed E-state index contributed by atoms with van der Waals surface area (Å²) in [6.07, 6.45) is 1.60. The summed E-state index contributed by atoms with van der Waals surface area (Å²) in [4.78, 5) is 26.8. The second kappa shape index (κ2) is 7.09. The smallest absolute Gasteiger partial charge is 0.322 e. The number of rotatable bonds is 6. The summed E-state index contributed by atoms with van der Waals surface area (Å²) in [5.41, 5.74) is 2.01. The maximum absolute atomic E-state index is 12.0. The monoisotopic (exact) mass is 356 g/mol. The molecule has 2 aromatic heterocycles. The van der Waals surface area contributed by atoms with E-state index in [0.717, 1.165) is 5.56 Å². The predicted molar refractivity (Wildman–Crippen MR) is 91.5 cm³/mol. The highest BCUT2D eigenvalue weighted by Crippen LogP contribution is 2.32. The quantitative estimate of drug-likeness (QED) is 0.682. The molecule has 0 unspecified atom stereocenters. The van der Waals surface area contributed by atoms with Gasteiger partial charge in [-0.3, -0.25) is 9.59 Å². The predicted octanol–water partition coefficient (Wildman–Crippen LogP) is 1.23. The standard InChI is InChI=1S/C17H16N4O5/c1-25-13-4-3-10(7-14(13)26-2)12-5-6-18-15-8-11(20-21(12)15)17(24)19-9-16(22)23/h3-8H,9H2,1-2H3,(H,19,24)(H,22,23). The van der Waals surface area contributed by atoms with Crippen molar-refractivity contribution in [2.24, 2.45) is 0 Å². The van der Waals surface area contributed by atoms with E-state index in [1.807, 2.05) is 6.07 Å². The third kappa shape index (κ3) is 3.27. The largest absolute Gasteiger partial charge is 0.493 e. The van der Waals surface area contributed by atoms with Crippen LogP contribution in [0, 0.1) is 0 Å². The fourth-order valence-corrected chi connectivity index (χ4v) is 2.47. The molecule has 0 bridgehead atoms. The molecule has 0 atom stereocenters. The number of nitrogens with one attached hydrogen (secondary N) is 1. The zero-order chi connectivity index (χ0) is 18.7. The molecule has 0 aliphatic rings. The molecule has 1 amide bonds. The number of hydrogen-bond acceptors (Lipinski definition) is 6. The van der Waals surface area contributed by atoms with E-state index in [0.29, 0.717) is 22.8 Å². The molecule has 0 fully saturated rings. The molecular formula is C17H16N4O5. The van der Waals surface area contributed by atoms with Crippen molar-refractivity contribution in [3.63, 3.8) is 0 Å². The number of hydrogen-bond donors (Lipinski definition) is 2. The van der Waals surface area contributed by atoms with Crippen LogP contribution in [-0.2, 0) is 4.79 Å². The highest BCUT2D eigenvalue weighted by molar-refractivity contribution is 5.95. The molecule has 0 radical (unpaired) electrons. The Balaban J connectivity index is 2.02. The van der Waals surface area contributed by atoms with Crippen LogP contribution in [0.25, 0.3) is 16.9 Å². The number of ether oxygens (including phenoxy) is 2. The minimum atomic E-state index is -1.13. The van der Waals surface area contributed by atoms with E-state index < -0.39 is 18.4 Å². The molecule has 26 heavy (non-hydrogen) atoms. The Kier molecular flexibility index (Phi) is 4.70. The summed E-state index contributed by atoms with van der Waals surface area (Å²) in [5.74, 6) is -0.570. The number of carboxylic acids is 1. The molecule has 0 spiro atoms. The molecule has 3 aromatic rings. The third-order valence-corrected chi connectivity index (χ3v) is 3.67. The number of carbonyl (C=O) groups is 2. The lowest BCUT2D eigenvalue weighted by molar-refractivity contribution is -0.135. The zero-order valence-electron chi connectivity index (χ0n) is 14.1. The van der Waals surface area contributed by atoms with Gasteiger partial charge in [0.15, 0.2) is 22.8 Å². The minimum absolute atomic E-state index is 0.0756. The lowest BCUT2D eigenvalue weighted by atomic mass is 10.1. The Morgan fingerprint density at radius 2 is 1.92 bits per heavy atom. The van der Waals surface area contributed by atoms with E-state index in [9.17, 15) is 9.59 Å². The van der Waals surface area contributed by atoms with Crippen molar-refractivity contribution in [2.75, 3.05) is 20.8 Å². The molecule has 0 aliphatic carbocycles. The van der Waals surface area contributed by atoms with Crippen molar-refractivity contribution in [1.29, 1.82) is 0 Å². The molecule has 9 nitrogen and oxygen atoms in total. The van der Waals surface area contributed by atoms with Crippen LogP contribution in [0.2, 0.25) is 0 Å². The Bertz CT molecular complexity index is 982. The normalized spacial score (nSPS) is 10.5. The first-order valence-corrected chi connectivity index (χ1v) is 7.60. The van der Waals surface area contributed by atoms with Crippen molar-refractivity contribution in [2.45, 2.75) is 0 Å². The first kappa shape index (κ1) is 17.2. The van der Waals surface area contributed by atoms with Crippen LogP contribution in [-0.4, -0.2) is 52.3 Å². The maximum atomic E-state index is 12.0. The molecule has 3 rings (SSSR count). The Morgan fingerprint density at radius 1 is 1.15 bits per heavy atom. The van der Waals surface area contributed by atoms with E-state index in [-0.39, 0.29) is 5.69 Å². The highest BCUT2D eigenvalue weighted by atomic mass is 16.5. The van der Waals surface area contributed by atoms with Crippen molar-refractivity contribution < 1.29 is 24.2 Å². The number of carbonyl (C=O) groups excluding carboxylic acids is 1. The fraction of sp³-hybridized carbons (Fsp3) is 0.176. The summed E-state index contributed by atoms with van der Waals surface area (Å²) in [5, 5.41) is 15.2. The Hall–Kier alpha value is -3.62. The number of aliphatic carboxylic acids is 1. The van der Waals surface area contributed by atoms with Crippen molar-refractivity contribution in [1.82, 2.24) is 19.9 Å². The topological polar surface area (TPSA) is 115 Å². The average Bonchev–Trinajstić information content (AvgIpc) is 3.09. The molecule has 1 aromatic carbocycles.